The van der Waals surface area contributed by atoms with Gasteiger partial charge in [-0.25, -0.2) is 4.99 Å². The van der Waals surface area contributed by atoms with Gasteiger partial charge in [-0.1, -0.05) is 25.9 Å². The highest BCUT2D eigenvalue weighted by molar-refractivity contribution is 7.10. The predicted molar refractivity (Wildman–Crippen MR) is 150 cm³/mol. The number of thiophene rings is 1. The number of hydrogen-bond donors (Lipinski definition) is 1. The summed E-state index contributed by atoms with van der Waals surface area (Å²) >= 11 is 1.51. The maximum atomic E-state index is 13.6. The van der Waals surface area contributed by atoms with Crippen molar-refractivity contribution < 1.29 is 18.7 Å². The van der Waals surface area contributed by atoms with Gasteiger partial charge in [-0.2, -0.15) is 4.58 Å². The summed E-state index contributed by atoms with van der Waals surface area (Å²) in [5, 5.41) is 8.79. The summed E-state index contributed by atoms with van der Waals surface area (Å²) in [6.07, 6.45) is 8.38. The monoisotopic (exact) mass is 548 g/mol. The summed E-state index contributed by atoms with van der Waals surface area (Å²) in [5.41, 5.74) is 3.95. The Balaban J connectivity index is 1.15. The number of nitrogens with one attached hydrogen (secondary N) is 1. The number of piperazine rings is 1. The Labute approximate surface area is 232 Å². The van der Waals surface area contributed by atoms with E-state index in [0.717, 1.165) is 48.0 Å². The topological polar surface area (TPSA) is 97.3 Å². The molecule has 1 atom stereocenters. The third kappa shape index (κ3) is 4.96. The van der Waals surface area contributed by atoms with Crippen molar-refractivity contribution in [2.24, 2.45) is 4.99 Å². The first-order valence-corrected chi connectivity index (χ1v) is 14.2. The molecule has 39 heavy (non-hydrogen) atoms. The van der Waals surface area contributed by atoms with Gasteiger partial charge < -0.3 is 19.2 Å². The van der Waals surface area contributed by atoms with E-state index in [-0.39, 0.29) is 23.4 Å². The largest absolute Gasteiger partial charge is 0.364 e. The molecule has 0 aromatic carbocycles. The fourth-order valence-electron chi connectivity index (χ4n) is 5.23. The summed E-state index contributed by atoms with van der Waals surface area (Å²) in [6, 6.07) is 1.77. The fraction of sp³-hybridized carbons (Fsp3) is 0.464. The second-order valence-corrected chi connectivity index (χ2v) is 12.5. The lowest BCUT2D eigenvalue weighted by Crippen LogP contribution is -2.45. The fourth-order valence-corrected chi connectivity index (χ4v) is 6.32. The van der Waals surface area contributed by atoms with Gasteiger partial charge in [-0.15, -0.1) is 11.3 Å². The molecule has 2 aromatic rings. The van der Waals surface area contributed by atoms with Crippen LogP contribution in [0.15, 0.2) is 45.0 Å². The number of aromatic nitrogens is 1. The van der Waals surface area contributed by atoms with Gasteiger partial charge in [-0.3, -0.25) is 14.9 Å². The van der Waals surface area contributed by atoms with Gasteiger partial charge in [0, 0.05) is 60.5 Å². The van der Waals surface area contributed by atoms with Crippen molar-refractivity contribution in [3.63, 3.8) is 0 Å². The normalized spacial score (nSPS) is 21.2. The zero-order chi connectivity index (χ0) is 27.3. The first-order chi connectivity index (χ1) is 18.7. The lowest BCUT2D eigenvalue weighted by molar-refractivity contribution is -0.481. The molecule has 204 valence electrons. The van der Waals surface area contributed by atoms with Crippen LogP contribution < -0.4 is 5.32 Å². The first kappa shape index (κ1) is 25.7. The Hall–Kier alpha value is -3.57. The van der Waals surface area contributed by atoms with Gasteiger partial charge in [0.05, 0.1) is 17.8 Å². The molecular formula is C28H34N7O3S+. The Morgan fingerprint density at radius 2 is 1.97 bits per heavy atom. The first-order valence-electron chi connectivity index (χ1n) is 13.4. The van der Waals surface area contributed by atoms with E-state index in [1.165, 1.54) is 11.3 Å². The Kier molecular flexibility index (Phi) is 6.50. The van der Waals surface area contributed by atoms with Gasteiger partial charge in [0.15, 0.2) is 6.20 Å². The van der Waals surface area contributed by atoms with Gasteiger partial charge in [0.2, 0.25) is 5.88 Å². The van der Waals surface area contributed by atoms with Crippen molar-refractivity contribution >= 4 is 41.0 Å². The van der Waals surface area contributed by atoms with Crippen molar-refractivity contribution in [1.29, 1.82) is 0 Å². The van der Waals surface area contributed by atoms with Crippen LogP contribution in [0.4, 0.5) is 5.88 Å². The van der Waals surface area contributed by atoms with Crippen LogP contribution >= 0.6 is 11.3 Å². The number of carbonyl (C=O) groups excluding carboxylic acids is 2. The standard InChI is InChI=1S/C28H33N7O3S/c1-28(2,3)23-13-25(38-31-23)30-26(36)20-17-39-22-16-34(8-7-19(20)22)27(37)21-14-29-24-6-5-18(15-35(21)24)33-11-9-32(4)10-12-33/h5-6,13-15,17,24H,7-12,16H2,1-4H3/p+1. The molecule has 4 aliphatic heterocycles. The van der Waals surface area contributed by atoms with Crippen molar-refractivity contribution in [2.45, 2.75) is 45.3 Å². The number of carbonyl (C=O) groups is 2. The van der Waals surface area contributed by atoms with Gasteiger partial charge in [0.25, 0.3) is 17.8 Å². The Morgan fingerprint density at radius 1 is 1.18 bits per heavy atom. The maximum Gasteiger partial charge on any atom is 0.320 e. The van der Waals surface area contributed by atoms with Crippen LogP contribution in [0.5, 0.6) is 0 Å². The predicted octanol–water partition coefficient (Wildman–Crippen LogP) is 2.69. The minimum absolute atomic E-state index is 0.0352. The van der Waals surface area contributed by atoms with Crippen molar-refractivity contribution in [2.75, 3.05) is 45.1 Å². The molecule has 0 aliphatic carbocycles. The summed E-state index contributed by atoms with van der Waals surface area (Å²) in [6.45, 7) is 11.1. The molecule has 10 nitrogen and oxygen atoms in total. The molecule has 6 heterocycles. The van der Waals surface area contributed by atoms with Crippen LogP contribution in [0.2, 0.25) is 0 Å². The summed E-state index contributed by atoms with van der Waals surface area (Å²) < 4.78 is 7.33. The molecule has 2 amide bonds. The van der Waals surface area contributed by atoms with Crippen molar-refractivity contribution in [3.05, 3.63) is 57.2 Å². The number of rotatable bonds is 4. The van der Waals surface area contributed by atoms with E-state index >= 15 is 0 Å². The lowest BCUT2D eigenvalue weighted by atomic mass is 9.92. The Bertz CT molecular complexity index is 1430. The number of likely N-dealkylation sites (N-methyl/N-ethyl adjacent to an activating group) is 1. The van der Waals surface area contributed by atoms with E-state index in [2.05, 4.69) is 50.7 Å². The minimum atomic E-state index is -0.217. The molecule has 0 bridgehead atoms. The number of nitrogens with zero attached hydrogens (tertiary/aromatic N) is 6. The third-order valence-corrected chi connectivity index (χ3v) is 8.72. The van der Waals surface area contributed by atoms with E-state index in [1.54, 1.807) is 12.3 Å². The van der Waals surface area contributed by atoms with E-state index in [9.17, 15) is 9.59 Å². The molecule has 0 saturated carbocycles. The maximum absolute atomic E-state index is 13.6. The number of aliphatic imine (C=N–C) groups is 1. The number of fused-ring (bicyclic) bond motifs is 2. The minimum Gasteiger partial charge on any atom is -0.364 e. The van der Waals surface area contributed by atoms with Crippen molar-refractivity contribution in [1.82, 2.24) is 19.9 Å². The number of allylic oxidation sites excluding steroid dienone is 1. The molecule has 0 spiro atoms. The van der Waals surface area contributed by atoms with Crippen LogP contribution in [0, 0.1) is 0 Å². The summed E-state index contributed by atoms with van der Waals surface area (Å²) in [4.78, 5) is 38.8. The van der Waals surface area contributed by atoms with Crippen LogP contribution in [-0.2, 0) is 23.2 Å². The highest BCUT2D eigenvalue weighted by atomic mass is 32.1. The van der Waals surface area contributed by atoms with Crippen LogP contribution in [-0.4, -0.2) is 94.1 Å². The molecule has 4 aliphatic rings. The lowest BCUT2D eigenvalue weighted by Gasteiger charge is -2.34. The molecule has 1 saturated heterocycles. The van der Waals surface area contributed by atoms with E-state index in [0.29, 0.717) is 36.7 Å². The van der Waals surface area contributed by atoms with Crippen molar-refractivity contribution in [3.8, 4) is 0 Å². The second kappa shape index (κ2) is 9.87. The second-order valence-electron chi connectivity index (χ2n) is 11.5. The third-order valence-electron chi connectivity index (χ3n) is 7.70. The van der Waals surface area contributed by atoms with Crippen LogP contribution in [0.25, 0.3) is 0 Å². The molecule has 1 fully saturated rings. The Morgan fingerprint density at radius 3 is 2.72 bits per heavy atom. The molecule has 1 N–H and O–H groups in total. The quantitative estimate of drug-likeness (QED) is 0.591. The molecule has 1 unspecified atom stereocenters. The SMILES string of the molecule is CN1CCN(C2=C[N+]3=C(C(=O)N4CCc5c(C(=O)Nc6cc(C(C)(C)C)no6)csc5C4)C=NC3C=C2)CC1. The van der Waals surface area contributed by atoms with Crippen LogP contribution in [0.1, 0.15) is 47.3 Å². The molecule has 11 heteroatoms. The number of anilines is 1. The average Bonchev–Trinajstić information content (AvgIpc) is 3.66. The van der Waals surface area contributed by atoms with E-state index in [4.69, 9.17) is 4.52 Å². The highest BCUT2D eigenvalue weighted by Gasteiger charge is 2.38. The molecule has 6 rings (SSSR count). The van der Waals surface area contributed by atoms with Gasteiger partial charge in [0.1, 0.15) is 11.9 Å². The molecular weight excluding hydrogens is 514 g/mol. The van der Waals surface area contributed by atoms with E-state index < -0.39 is 0 Å². The summed E-state index contributed by atoms with van der Waals surface area (Å²) in [7, 11) is 2.14. The van der Waals surface area contributed by atoms with Gasteiger partial charge in [-0.05, 0) is 25.1 Å². The zero-order valence-electron chi connectivity index (χ0n) is 22.8. The van der Waals surface area contributed by atoms with Crippen LogP contribution in [0.3, 0.4) is 0 Å². The molecule has 2 aromatic heterocycles. The number of amides is 2. The smallest absolute Gasteiger partial charge is 0.320 e. The average molecular weight is 549 g/mol. The summed E-state index contributed by atoms with van der Waals surface area (Å²) in [5.74, 6) is 0.0844. The van der Waals surface area contributed by atoms with E-state index in [1.807, 2.05) is 35.6 Å². The van der Waals surface area contributed by atoms with Gasteiger partial charge >= 0.3 is 5.91 Å². The number of hydrogen-bond acceptors (Lipinski definition) is 8. The highest BCUT2D eigenvalue weighted by Crippen LogP contribution is 2.31. The zero-order valence-corrected chi connectivity index (χ0v) is 23.6. The molecule has 0 radical (unpaired) electrons.